The van der Waals surface area contributed by atoms with Gasteiger partial charge in [-0.3, -0.25) is 24.0 Å². The fourth-order valence-electron chi connectivity index (χ4n) is 3.61. The van der Waals surface area contributed by atoms with Crippen LogP contribution in [0.15, 0.2) is 65.8 Å². The number of para-hydroxylation sites is 1. The molecule has 3 unspecified atom stereocenters. The van der Waals surface area contributed by atoms with E-state index < -0.39 is 41.1 Å². The van der Waals surface area contributed by atoms with Crippen molar-refractivity contribution in [1.29, 1.82) is 0 Å². The van der Waals surface area contributed by atoms with Crippen LogP contribution in [-0.2, 0) is 20.8 Å². The molecule has 11 heteroatoms. The third-order valence-electron chi connectivity index (χ3n) is 5.88. The Hall–Kier alpha value is -4.54. The summed E-state index contributed by atoms with van der Waals surface area (Å²) in [6.45, 7) is 3.88. The third kappa shape index (κ3) is 7.72. The molecule has 5 N–H and O–H groups in total. The molecule has 0 aliphatic heterocycles. The Balaban J connectivity index is 1.83. The molecular formula is C26H30N6O5. The van der Waals surface area contributed by atoms with Crippen molar-refractivity contribution in [2.45, 2.75) is 45.2 Å². The number of rotatable bonds is 12. The Labute approximate surface area is 213 Å². The SMILES string of the molecule is CCC(C)CC(NC(=O)c1ncc[nH]1)C(=O)NC(Cc1ccc[nH]c1=O)C(=O)C(=O)Nc1ccccc1. The van der Waals surface area contributed by atoms with Crippen molar-refractivity contribution in [3.05, 3.63) is 82.8 Å². The van der Waals surface area contributed by atoms with E-state index in [4.69, 9.17) is 0 Å². The van der Waals surface area contributed by atoms with Crippen LogP contribution in [-0.4, -0.2) is 50.5 Å². The predicted octanol–water partition coefficient (Wildman–Crippen LogP) is 1.57. The maximum absolute atomic E-state index is 13.3. The first-order chi connectivity index (χ1) is 17.8. The predicted molar refractivity (Wildman–Crippen MR) is 137 cm³/mol. The number of Topliss-reactive ketones (excluding diaryl/α,β-unsaturated/α-hetero) is 1. The summed E-state index contributed by atoms with van der Waals surface area (Å²) in [6.07, 6.45) is 5.16. The summed E-state index contributed by atoms with van der Waals surface area (Å²) in [5.41, 5.74) is 0.177. The summed E-state index contributed by atoms with van der Waals surface area (Å²) in [4.78, 5) is 73.2. The topological polar surface area (TPSA) is 166 Å². The average molecular weight is 507 g/mol. The quantitative estimate of drug-likeness (QED) is 0.234. The number of aromatic amines is 2. The Morgan fingerprint density at radius 2 is 1.70 bits per heavy atom. The second kappa shape index (κ2) is 13.0. The summed E-state index contributed by atoms with van der Waals surface area (Å²) >= 11 is 0. The number of anilines is 1. The first-order valence-corrected chi connectivity index (χ1v) is 12.0. The highest BCUT2D eigenvalue weighted by Crippen LogP contribution is 2.12. The Kier molecular flexibility index (Phi) is 9.48. The lowest BCUT2D eigenvalue weighted by Gasteiger charge is -2.24. The zero-order chi connectivity index (χ0) is 26.8. The maximum Gasteiger partial charge on any atom is 0.293 e. The molecule has 1 aromatic carbocycles. The molecule has 37 heavy (non-hydrogen) atoms. The number of aromatic nitrogens is 3. The molecule has 0 spiro atoms. The van der Waals surface area contributed by atoms with E-state index >= 15 is 0 Å². The second-order valence-electron chi connectivity index (χ2n) is 8.69. The van der Waals surface area contributed by atoms with Crippen molar-refractivity contribution in [1.82, 2.24) is 25.6 Å². The minimum absolute atomic E-state index is 0.0348. The minimum Gasteiger partial charge on any atom is -0.344 e. The molecule has 2 aromatic heterocycles. The van der Waals surface area contributed by atoms with Gasteiger partial charge in [-0.15, -0.1) is 0 Å². The number of pyridine rings is 1. The lowest BCUT2D eigenvalue weighted by Crippen LogP contribution is -2.54. The van der Waals surface area contributed by atoms with Crippen LogP contribution in [0.2, 0.25) is 0 Å². The molecule has 0 radical (unpaired) electrons. The highest BCUT2D eigenvalue weighted by atomic mass is 16.2. The van der Waals surface area contributed by atoms with Crippen LogP contribution in [0.1, 0.15) is 42.9 Å². The molecule has 2 heterocycles. The van der Waals surface area contributed by atoms with E-state index in [1.54, 1.807) is 36.4 Å². The van der Waals surface area contributed by atoms with E-state index in [-0.39, 0.29) is 30.1 Å². The first-order valence-electron chi connectivity index (χ1n) is 12.0. The molecule has 3 amide bonds. The van der Waals surface area contributed by atoms with Gasteiger partial charge in [0.1, 0.15) is 12.1 Å². The molecule has 0 bridgehead atoms. The molecule has 11 nitrogen and oxygen atoms in total. The van der Waals surface area contributed by atoms with Crippen molar-refractivity contribution in [2.24, 2.45) is 5.92 Å². The smallest absolute Gasteiger partial charge is 0.293 e. The zero-order valence-electron chi connectivity index (χ0n) is 20.6. The number of benzene rings is 1. The number of hydrogen-bond acceptors (Lipinski definition) is 6. The number of nitrogens with zero attached hydrogens (tertiary/aromatic N) is 1. The van der Waals surface area contributed by atoms with Crippen molar-refractivity contribution in [3.8, 4) is 0 Å². The van der Waals surface area contributed by atoms with Crippen molar-refractivity contribution in [3.63, 3.8) is 0 Å². The molecule has 194 valence electrons. The van der Waals surface area contributed by atoms with Crippen LogP contribution in [0.3, 0.4) is 0 Å². The Morgan fingerprint density at radius 1 is 0.946 bits per heavy atom. The number of hydrogen-bond donors (Lipinski definition) is 5. The van der Waals surface area contributed by atoms with Gasteiger partial charge in [0.05, 0.1) is 0 Å². The van der Waals surface area contributed by atoms with Crippen LogP contribution in [0.5, 0.6) is 0 Å². The molecule has 0 saturated heterocycles. The number of imidazole rings is 1. The minimum atomic E-state index is -1.35. The molecule has 0 saturated carbocycles. The standard InChI is InChI=1S/C26H30N6O5/c1-3-16(2)14-20(32-26(37)22-27-12-13-28-22)24(35)31-19(15-17-8-7-11-29-23(17)34)21(33)25(36)30-18-9-5-4-6-10-18/h4-13,16,19-20H,3,14-15H2,1-2H3,(H,27,28)(H,29,34)(H,30,36)(H,31,35)(H,32,37). The average Bonchev–Trinajstić information content (AvgIpc) is 3.44. The second-order valence-corrected chi connectivity index (χ2v) is 8.69. The summed E-state index contributed by atoms with van der Waals surface area (Å²) < 4.78 is 0. The normalized spacial score (nSPS) is 13.1. The van der Waals surface area contributed by atoms with Gasteiger partial charge in [0.25, 0.3) is 17.4 Å². The van der Waals surface area contributed by atoms with Gasteiger partial charge in [-0.1, -0.05) is 44.5 Å². The van der Waals surface area contributed by atoms with E-state index in [9.17, 15) is 24.0 Å². The van der Waals surface area contributed by atoms with E-state index in [2.05, 4.69) is 30.9 Å². The van der Waals surface area contributed by atoms with E-state index in [0.717, 1.165) is 6.42 Å². The van der Waals surface area contributed by atoms with Crippen molar-refractivity contribution >= 4 is 29.2 Å². The van der Waals surface area contributed by atoms with Crippen molar-refractivity contribution in [2.75, 3.05) is 5.32 Å². The third-order valence-corrected chi connectivity index (χ3v) is 5.88. The van der Waals surface area contributed by atoms with Crippen LogP contribution in [0.25, 0.3) is 0 Å². The number of carbonyl (C=O) groups is 4. The highest BCUT2D eigenvalue weighted by Gasteiger charge is 2.32. The summed E-state index contributed by atoms with van der Waals surface area (Å²) in [5.74, 6) is -3.01. The molecule has 0 aliphatic rings. The van der Waals surface area contributed by atoms with Gasteiger partial charge in [0.15, 0.2) is 5.82 Å². The van der Waals surface area contributed by atoms with Gasteiger partial charge in [-0.25, -0.2) is 4.98 Å². The van der Waals surface area contributed by atoms with E-state index in [1.165, 1.54) is 24.7 Å². The summed E-state index contributed by atoms with van der Waals surface area (Å²) in [6, 6.07) is 9.13. The fourth-order valence-corrected chi connectivity index (χ4v) is 3.61. The van der Waals surface area contributed by atoms with Gasteiger partial charge in [0.2, 0.25) is 11.7 Å². The summed E-state index contributed by atoms with van der Waals surface area (Å²) in [5, 5.41) is 7.75. The van der Waals surface area contributed by atoms with E-state index in [1.807, 2.05) is 13.8 Å². The molecule has 3 atom stereocenters. The number of amides is 3. The van der Waals surface area contributed by atoms with Gasteiger partial charge < -0.3 is 25.9 Å². The van der Waals surface area contributed by atoms with Crippen LogP contribution >= 0.6 is 0 Å². The van der Waals surface area contributed by atoms with Gasteiger partial charge in [0, 0.05) is 36.3 Å². The maximum atomic E-state index is 13.3. The van der Waals surface area contributed by atoms with Crippen LogP contribution in [0, 0.1) is 5.92 Å². The van der Waals surface area contributed by atoms with Crippen LogP contribution < -0.4 is 21.5 Å². The monoisotopic (exact) mass is 506 g/mol. The molecule has 3 aromatic rings. The molecule has 3 rings (SSSR count). The number of H-pyrrole nitrogens is 2. The van der Waals surface area contributed by atoms with Crippen LogP contribution in [0.4, 0.5) is 5.69 Å². The first kappa shape index (κ1) is 27.1. The highest BCUT2D eigenvalue weighted by molar-refractivity contribution is 6.42. The van der Waals surface area contributed by atoms with E-state index in [0.29, 0.717) is 5.69 Å². The van der Waals surface area contributed by atoms with Gasteiger partial charge >= 0.3 is 0 Å². The lowest BCUT2D eigenvalue weighted by atomic mass is 9.97. The Morgan fingerprint density at radius 3 is 2.35 bits per heavy atom. The number of ketones is 1. The Bertz CT molecular complexity index is 1270. The molecule has 0 fully saturated rings. The number of nitrogens with one attached hydrogen (secondary N) is 5. The molecular weight excluding hydrogens is 476 g/mol. The summed E-state index contributed by atoms with van der Waals surface area (Å²) in [7, 11) is 0. The van der Waals surface area contributed by atoms with Gasteiger partial charge in [-0.05, 0) is 30.5 Å². The molecule has 0 aliphatic carbocycles. The number of carbonyl (C=O) groups excluding carboxylic acids is 4. The lowest BCUT2D eigenvalue weighted by molar-refractivity contribution is -0.137. The fraction of sp³-hybridized carbons (Fsp3) is 0.308. The van der Waals surface area contributed by atoms with Crippen molar-refractivity contribution < 1.29 is 19.2 Å². The van der Waals surface area contributed by atoms with Gasteiger partial charge in [-0.2, -0.15) is 0 Å². The zero-order valence-corrected chi connectivity index (χ0v) is 20.6. The largest absolute Gasteiger partial charge is 0.344 e.